The second-order valence-electron chi connectivity index (χ2n) is 5.72. The zero-order chi connectivity index (χ0) is 13.9. The van der Waals surface area contributed by atoms with Crippen molar-refractivity contribution in [2.45, 2.75) is 19.6 Å². The summed E-state index contributed by atoms with van der Waals surface area (Å²) < 4.78 is 2.30. The molecule has 0 aliphatic carbocycles. The van der Waals surface area contributed by atoms with Gasteiger partial charge in [0.05, 0.1) is 13.1 Å². The molecule has 2 aromatic rings. The highest BCUT2D eigenvalue weighted by molar-refractivity contribution is 7.09. The molecule has 0 spiro atoms. The highest BCUT2D eigenvalue weighted by Crippen LogP contribution is 2.19. The van der Waals surface area contributed by atoms with E-state index in [0.717, 1.165) is 32.7 Å². The molecule has 1 atom stereocenters. The summed E-state index contributed by atoms with van der Waals surface area (Å²) in [5.41, 5.74) is 0. The summed E-state index contributed by atoms with van der Waals surface area (Å²) in [4.78, 5) is 13.7. The maximum absolute atomic E-state index is 4.50. The summed E-state index contributed by atoms with van der Waals surface area (Å²) in [6, 6.07) is 0. The summed E-state index contributed by atoms with van der Waals surface area (Å²) in [6.45, 7) is 5.10. The van der Waals surface area contributed by atoms with Crippen molar-refractivity contribution in [1.29, 1.82) is 0 Å². The molecule has 2 aromatic heterocycles. The summed E-state index contributed by atoms with van der Waals surface area (Å²) in [6.07, 6.45) is 5.90. The third kappa shape index (κ3) is 3.26. The van der Waals surface area contributed by atoms with Crippen LogP contribution in [0, 0.1) is 5.92 Å². The van der Waals surface area contributed by atoms with Gasteiger partial charge in [-0.3, -0.25) is 4.90 Å². The summed E-state index contributed by atoms with van der Waals surface area (Å²) in [5, 5.41) is 3.24. The molecule has 3 rings (SSSR count). The first-order valence-electron chi connectivity index (χ1n) is 6.96. The maximum atomic E-state index is 4.50. The average molecular weight is 291 g/mol. The van der Waals surface area contributed by atoms with Gasteiger partial charge in [-0.15, -0.1) is 11.3 Å². The highest BCUT2D eigenvalue weighted by Gasteiger charge is 2.23. The highest BCUT2D eigenvalue weighted by atomic mass is 32.1. The van der Waals surface area contributed by atoms with E-state index in [1.54, 1.807) is 11.3 Å². The van der Waals surface area contributed by atoms with Crippen LogP contribution in [0.1, 0.15) is 10.8 Å². The van der Waals surface area contributed by atoms with Crippen LogP contribution in [0.2, 0.25) is 0 Å². The molecule has 20 heavy (non-hydrogen) atoms. The van der Waals surface area contributed by atoms with Crippen molar-refractivity contribution in [1.82, 2.24) is 24.3 Å². The monoisotopic (exact) mass is 291 g/mol. The number of imidazole rings is 1. The van der Waals surface area contributed by atoms with Crippen LogP contribution in [0.4, 0.5) is 0 Å². The van der Waals surface area contributed by atoms with Crippen molar-refractivity contribution >= 4 is 11.3 Å². The Labute approximate surface area is 123 Å². The van der Waals surface area contributed by atoms with Crippen molar-refractivity contribution in [3.8, 4) is 0 Å². The van der Waals surface area contributed by atoms with Crippen molar-refractivity contribution in [2.75, 3.05) is 27.2 Å². The molecule has 0 aromatic carbocycles. The van der Waals surface area contributed by atoms with E-state index in [1.807, 2.05) is 17.8 Å². The quantitative estimate of drug-likeness (QED) is 0.856. The van der Waals surface area contributed by atoms with E-state index in [2.05, 4.69) is 44.6 Å². The molecule has 0 fully saturated rings. The van der Waals surface area contributed by atoms with E-state index < -0.39 is 0 Å². The van der Waals surface area contributed by atoms with Crippen LogP contribution in [0.5, 0.6) is 0 Å². The fourth-order valence-electron chi connectivity index (χ4n) is 2.90. The smallest absolute Gasteiger partial charge is 0.122 e. The minimum absolute atomic E-state index is 0.625. The van der Waals surface area contributed by atoms with Crippen LogP contribution in [0.15, 0.2) is 24.0 Å². The first-order valence-corrected chi connectivity index (χ1v) is 7.84. The Hall–Kier alpha value is -1.24. The minimum atomic E-state index is 0.625. The van der Waals surface area contributed by atoms with Gasteiger partial charge >= 0.3 is 0 Å². The van der Waals surface area contributed by atoms with Crippen LogP contribution in [-0.2, 0) is 19.6 Å². The van der Waals surface area contributed by atoms with Crippen LogP contribution in [0.3, 0.4) is 0 Å². The SMILES string of the molecule is CN(C)C[C@H]1CN(Cc2nccs2)Cc2nccn2C1. The van der Waals surface area contributed by atoms with E-state index in [1.165, 1.54) is 10.8 Å². The number of nitrogens with zero attached hydrogens (tertiary/aromatic N) is 5. The minimum Gasteiger partial charge on any atom is -0.333 e. The normalized spacial score (nSPS) is 20.1. The lowest BCUT2D eigenvalue weighted by Gasteiger charge is -2.25. The summed E-state index contributed by atoms with van der Waals surface area (Å²) in [5.74, 6) is 1.79. The van der Waals surface area contributed by atoms with Crippen LogP contribution < -0.4 is 0 Å². The van der Waals surface area contributed by atoms with Crippen molar-refractivity contribution in [3.05, 3.63) is 34.8 Å². The van der Waals surface area contributed by atoms with Gasteiger partial charge in [0.15, 0.2) is 0 Å². The number of thiazole rings is 1. The van der Waals surface area contributed by atoms with Gasteiger partial charge in [0.1, 0.15) is 10.8 Å². The average Bonchev–Trinajstić information content (AvgIpc) is 2.99. The Morgan fingerprint density at radius 2 is 2.20 bits per heavy atom. The molecule has 0 radical (unpaired) electrons. The molecule has 1 aliphatic rings. The van der Waals surface area contributed by atoms with E-state index in [9.17, 15) is 0 Å². The third-order valence-corrected chi connectivity index (χ3v) is 4.37. The van der Waals surface area contributed by atoms with E-state index in [-0.39, 0.29) is 0 Å². The van der Waals surface area contributed by atoms with Gasteiger partial charge in [-0.25, -0.2) is 9.97 Å². The van der Waals surface area contributed by atoms with Crippen molar-refractivity contribution in [2.24, 2.45) is 5.92 Å². The Kier molecular flexibility index (Phi) is 4.14. The predicted octanol–water partition coefficient (Wildman–Crippen LogP) is 1.53. The van der Waals surface area contributed by atoms with Crippen molar-refractivity contribution < 1.29 is 0 Å². The molecule has 0 N–H and O–H groups in total. The number of hydrogen-bond donors (Lipinski definition) is 0. The Morgan fingerprint density at radius 1 is 1.30 bits per heavy atom. The lowest BCUT2D eigenvalue weighted by molar-refractivity contribution is 0.194. The maximum Gasteiger partial charge on any atom is 0.122 e. The van der Waals surface area contributed by atoms with Gasteiger partial charge in [0.2, 0.25) is 0 Å². The molecular weight excluding hydrogens is 270 g/mol. The van der Waals surface area contributed by atoms with Gasteiger partial charge in [-0.2, -0.15) is 0 Å². The topological polar surface area (TPSA) is 37.2 Å². The Balaban J connectivity index is 1.76. The number of hydrogen-bond acceptors (Lipinski definition) is 5. The largest absolute Gasteiger partial charge is 0.333 e. The standard InChI is InChI=1S/C14H21N5S/c1-17(2)7-12-8-18(11-14-16-4-6-20-14)10-13-15-3-5-19(13)9-12/h3-6,12H,7-11H2,1-2H3/t12-/m0/s1. The number of aromatic nitrogens is 3. The molecule has 0 amide bonds. The van der Waals surface area contributed by atoms with E-state index >= 15 is 0 Å². The first-order chi connectivity index (χ1) is 9.70. The molecular formula is C14H21N5S. The summed E-state index contributed by atoms with van der Waals surface area (Å²) >= 11 is 1.73. The van der Waals surface area contributed by atoms with Crippen LogP contribution >= 0.6 is 11.3 Å². The second-order valence-corrected chi connectivity index (χ2v) is 6.70. The molecule has 108 valence electrons. The lowest BCUT2D eigenvalue weighted by Crippen LogP contribution is -2.33. The first kappa shape index (κ1) is 13.7. The van der Waals surface area contributed by atoms with E-state index in [4.69, 9.17) is 0 Å². The lowest BCUT2D eigenvalue weighted by atomic mass is 10.1. The molecule has 3 heterocycles. The van der Waals surface area contributed by atoms with Crippen LogP contribution in [0.25, 0.3) is 0 Å². The zero-order valence-corrected chi connectivity index (χ0v) is 12.9. The number of rotatable bonds is 4. The molecule has 5 nitrogen and oxygen atoms in total. The predicted molar refractivity (Wildman–Crippen MR) is 80.5 cm³/mol. The van der Waals surface area contributed by atoms with E-state index in [0.29, 0.717) is 5.92 Å². The molecule has 0 saturated carbocycles. The Morgan fingerprint density at radius 3 is 2.95 bits per heavy atom. The summed E-state index contributed by atoms with van der Waals surface area (Å²) in [7, 11) is 4.29. The van der Waals surface area contributed by atoms with Crippen molar-refractivity contribution in [3.63, 3.8) is 0 Å². The second kappa shape index (κ2) is 6.03. The fraction of sp³-hybridized carbons (Fsp3) is 0.571. The molecule has 6 heteroatoms. The zero-order valence-electron chi connectivity index (χ0n) is 12.1. The Bertz CT molecular complexity index is 534. The van der Waals surface area contributed by atoms with Gasteiger partial charge in [-0.05, 0) is 14.1 Å². The van der Waals surface area contributed by atoms with Gasteiger partial charge in [0, 0.05) is 49.5 Å². The van der Waals surface area contributed by atoms with Gasteiger partial charge in [0.25, 0.3) is 0 Å². The molecule has 0 bridgehead atoms. The van der Waals surface area contributed by atoms with Gasteiger partial charge < -0.3 is 9.47 Å². The van der Waals surface area contributed by atoms with Crippen LogP contribution in [-0.4, -0.2) is 51.5 Å². The molecule has 1 aliphatic heterocycles. The third-order valence-electron chi connectivity index (χ3n) is 3.60. The number of fused-ring (bicyclic) bond motifs is 1. The molecule has 0 saturated heterocycles. The van der Waals surface area contributed by atoms with Gasteiger partial charge in [-0.1, -0.05) is 0 Å². The molecule has 0 unspecified atom stereocenters. The fourth-order valence-corrected chi connectivity index (χ4v) is 3.56.